The fourth-order valence-electron chi connectivity index (χ4n) is 2.61. The summed E-state index contributed by atoms with van der Waals surface area (Å²) in [7, 11) is 1.38. The number of aromatic nitrogens is 4. The molecule has 0 radical (unpaired) electrons. The molecular formula is C19H20N4O2S2. The third-order valence-electron chi connectivity index (χ3n) is 3.98. The standard InChI is InChI=1S/C19H20N4O2S2/c1-4-23-16(15-6-5-11-20-17(15)26-3)21-22-19(23)27-12-13-7-9-14(10-8-13)18(24)25-2/h5-11H,4,12H2,1-3H3. The molecular weight excluding hydrogens is 380 g/mol. The van der Waals surface area contributed by atoms with Gasteiger partial charge in [0.25, 0.3) is 0 Å². The van der Waals surface area contributed by atoms with Crippen LogP contribution in [-0.2, 0) is 17.0 Å². The van der Waals surface area contributed by atoms with E-state index in [0.29, 0.717) is 5.56 Å². The van der Waals surface area contributed by atoms with Crippen molar-refractivity contribution in [1.29, 1.82) is 0 Å². The van der Waals surface area contributed by atoms with Crippen LogP contribution in [0, 0.1) is 0 Å². The molecule has 27 heavy (non-hydrogen) atoms. The number of thioether (sulfide) groups is 2. The Bertz CT molecular complexity index is 926. The molecule has 0 aliphatic carbocycles. The van der Waals surface area contributed by atoms with Crippen molar-refractivity contribution in [3.63, 3.8) is 0 Å². The van der Waals surface area contributed by atoms with Crippen molar-refractivity contribution < 1.29 is 9.53 Å². The largest absolute Gasteiger partial charge is 0.465 e. The van der Waals surface area contributed by atoms with Crippen LogP contribution in [0.4, 0.5) is 0 Å². The van der Waals surface area contributed by atoms with E-state index in [1.165, 1.54) is 7.11 Å². The third kappa shape index (κ3) is 4.33. The molecule has 2 aromatic heterocycles. The van der Waals surface area contributed by atoms with Crippen LogP contribution in [0.15, 0.2) is 52.8 Å². The van der Waals surface area contributed by atoms with Crippen LogP contribution in [0.3, 0.4) is 0 Å². The zero-order valence-corrected chi connectivity index (χ0v) is 17.0. The van der Waals surface area contributed by atoms with Gasteiger partial charge in [0.05, 0.1) is 18.2 Å². The second-order valence-electron chi connectivity index (χ2n) is 5.59. The molecule has 140 valence electrons. The number of pyridine rings is 1. The van der Waals surface area contributed by atoms with Crippen LogP contribution in [0.25, 0.3) is 11.4 Å². The van der Waals surface area contributed by atoms with Crippen LogP contribution in [0.1, 0.15) is 22.8 Å². The minimum Gasteiger partial charge on any atom is -0.465 e. The van der Waals surface area contributed by atoms with Crippen molar-refractivity contribution in [2.75, 3.05) is 13.4 Å². The maximum Gasteiger partial charge on any atom is 0.337 e. The summed E-state index contributed by atoms with van der Waals surface area (Å²) in [5.74, 6) is 1.24. The third-order valence-corrected chi connectivity index (χ3v) is 5.73. The number of carbonyl (C=O) groups excluding carboxylic acids is 1. The molecule has 0 amide bonds. The quantitative estimate of drug-likeness (QED) is 0.436. The van der Waals surface area contributed by atoms with E-state index in [-0.39, 0.29) is 5.97 Å². The average molecular weight is 401 g/mol. The number of nitrogens with zero attached hydrogens (tertiary/aromatic N) is 4. The zero-order valence-electron chi connectivity index (χ0n) is 15.4. The van der Waals surface area contributed by atoms with Crippen LogP contribution in [-0.4, -0.2) is 39.1 Å². The lowest BCUT2D eigenvalue weighted by molar-refractivity contribution is 0.0600. The maximum atomic E-state index is 11.5. The predicted molar refractivity (Wildman–Crippen MR) is 108 cm³/mol. The molecule has 3 aromatic rings. The smallest absolute Gasteiger partial charge is 0.337 e. The summed E-state index contributed by atoms with van der Waals surface area (Å²) in [5, 5.41) is 10.6. The van der Waals surface area contributed by atoms with Gasteiger partial charge in [-0.3, -0.25) is 0 Å². The summed E-state index contributed by atoms with van der Waals surface area (Å²) >= 11 is 3.22. The second kappa shape index (κ2) is 9.05. The lowest BCUT2D eigenvalue weighted by Crippen LogP contribution is -2.02. The average Bonchev–Trinajstić information content (AvgIpc) is 3.14. The number of carbonyl (C=O) groups is 1. The lowest BCUT2D eigenvalue weighted by atomic mass is 10.1. The first-order chi connectivity index (χ1) is 13.2. The van der Waals surface area contributed by atoms with Gasteiger partial charge in [-0.1, -0.05) is 23.9 Å². The number of hydrogen-bond acceptors (Lipinski definition) is 7. The summed E-state index contributed by atoms with van der Waals surface area (Å²) in [4.78, 5) is 15.9. The molecule has 0 spiro atoms. The summed E-state index contributed by atoms with van der Waals surface area (Å²) in [6.45, 7) is 2.85. The number of methoxy groups -OCH3 is 1. The van der Waals surface area contributed by atoms with E-state index in [0.717, 1.165) is 39.4 Å². The Labute approximate surface area is 166 Å². The number of rotatable bonds is 7. The zero-order chi connectivity index (χ0) is 19.2. The van der Waals surface area contributed by atoms with Crippen LogP contribution in [0.2, 0.25) is 0 Å². The Hall–Kier alpha value is -2.32. The SMILES string of the molecule is CCn1c(SCc2ccc(C(=O)OC)cc2)nnc1-c1cccnc1SC. The fourth-order valence-corrected chi connectivity index (χ4v) is 4.11. The van der Waals surface area contributed by atoms with Gasteiger partial charge in [0.1, 0.15) is 5.03 Å². The van der Waals surface area contributed by atoms with E-state index in [4.69, 9.17) is 4.74 Å². The van der Waals surface area contributed by atoms with Gasteiger partial charge in [-0.2, -0.15) is 0 Å². The van der Waals surface area contributed by atoms with Crippen molar-refractivity contribution in [1.82, 2.24) is 19.7 Å². The van der Waals surface area contributed by atoms with E-state index < -0.39 is 0 Å². The van der Waals surface area contributed by atoms with Crippen LogP contribution >= 0.6 is 23.5 Å². The number of esters is 1. The molecule has 3 rings (SSSR count). The Balaban J connectivity index is 1.78. The Morgan fingerprint density at radius 1 is 1.19 bits per heavy atom. The minimum atomic E-state index is -0.328. The first-order valence-electron chi connectivity index (χ1n) is 8.40. The molecule has 8 heteroatoms. The van der Waals surface area contributed by atoms with Gasteiger partial charge in [-0.15, -0.1) is 22.0 Å². The minimum absolute atomic E-state index is 0.328. The molecule has 0 unspecified atom stereocenters. The summed E-state index contributed by atoms with van der Waals surface area (Å²) < 4.78 is 6.83. The molecule has 0 saturated heterocycles. The van der Waals surface area contributed by atoms with Crippen molar-refractivity contribution in [3.05, 3.63) is 53.7 Å². The van der Waals surface area contributed by atoms with E-state index in [1.807, 2.05) is 30.5 Å². The number of hydrogen-bond donors (Lipinski definition) is 0. The van der Waals surface area contributed by atoms with E-state index in [9.17, 15) is 4.79 Å². The number of ether oxygens (including phenoxy) is 1. The predicted octanol–water partition coefficient (Wildman–Crippen LogP) is 4.16. The summed E-state index contributed by atoms with van der Waals surface area (Å²) in [5.41, 5.74) is 2.64. The highest BCUT2D eigenvalue weighted by atomic mass is 32.2. The van der Waals surface area contributed by atoms with Gasteiger partial charge in [0.15, 0.2) is 11.0 Å². The molecule has 2 heterocycles. The normalized spacial score (nSPS) is 10.8. The summed E-state index contributed by atoms with van der Waals surface area (Å²) in [6, 6.07) is 11.4. The number of benzene rings is 1. The molecule has 0 atom stereocenters. The van der Waals surface area contributed by atoms with Gasteiger partial charge < -0.3 is 9.30 Å². The van der Waals surface area contributed by atoms with Crippen molar-refractivity contribution >= 4 is 29.5 Å². The molecule has 1 aromatic carbocycles. The Morgan fingerprint density at radius 2 is 1.96 bits per heavy atom. The van der Waals surface area contributed by atoms with Gasteiger partial charge >= 0.3 is 5.97 Å². The van der Waals surface area contributed by atoms with E-state index in [2.05, 4.69) is 26.7 Å². The van der Waals surface area contributed by atoms with Crippen LogP contribution in [0.5, 0.6) is 0 Å². The lowest BCUT2D eigenvalue weighted by Gasteiger charge is -2.09. The van der Waals surface area contributed by atoms with Gasteiger partial charge in [0.2, 0.25) is 0 Å². The van der Waals surface area contributed by atoms with Crippen molar-refractivity contribution in [2.45, 2.75) is 29.4 Å². The first-order valence-corrected chi connectivity index (χ1v) is 10.6. The van der Waals surface area contributed by atoms with E-state index in [1.54, 1.807) is 41.9 Å². The van der Waals surface area contributed by atoms with Gasteiger partial charge in [-0.05, 0) is 43.0 Å². The second-order valence-corrected chi connectivity index (χ2v) is 7.33. The first kappa shape index (κ1) is 19.4. The summed E-state index contributed by atoms with van der Waals surface area (Å²) in [6.07, 6.45) is 3.79. The molecule has 0 fully saturated rings. The molecule has 0 N–H and O–H groups in total. The Morgan fingerprint density at radius 3 is 2.63 bits per heavy atom. The van der Waals surface area contributed by atoms with Crippen molar-refractivity contribution in [2.24, 2.45) is 0 Å². The molecule has 0 saturated carbocycles. The highest BCUT2D eigenvalue weighted by Gasteiger charge is 2.16. The van der Waals surface area contributed by atoms with Crippen LogP contribution < -0.4 is 0 Å². The maximum absolute atomic E-state index is 11.5. The van der Waals surface area contributed by atoms with Gasteiger partial charge in [0, 0.05) is 18.5 Å². The van der Waals surface area contributed by atoms with Crippen molar-refractivity contribution in [3.8, 4) is 11.4 Å². The molecule has 0 bridgehead atoms. The topological polar surface area (TPSA) is 69.9 Å². The fraction of sp³-hybridized carbons (Fsp3) is 0.263. The molecule has 0 aliphatic heterocycles. The molecule has 6 nitrogen and oxygen atoms in total. The van der Waals surface area contributed by atoms with E-state index >= 15 is 0 Å². The highest BCUT2D eigenvalue weighted by molar-refractivity contribution is 7.98. The molecule has 0 aliphatic rings. The van der Waals surface area contributed by atoms with Gasteiger partial charge in [-0.25, -0.2) is 9.78 Å². The Kier molecular flexibility index (Phi) is 6.52. The highest BCUT2D eigenvalue weighted by Crippen LogP contribution is 2.30. The monoisotopic (exact) mass is 400 g/mol.